The molecule has 1 aliphatic carbocycles. The van der Waals surface area contributed by atoms with E-state index in [2.05, 4.69) is 26.3 Å². The predicted molar refractivity (Wildman–Crippen MR) is 111 cm³/mol. The molecule has 2 aromatic carbocycles. The minimum atomic E-state index is -4.45. The molecule has 0 aliphatic heterocycles. The highest BCUT2D eigenvalue weighted by Crippen LogP contribution is 2.36. The van der Waals surface area contributed by atoms with E-state index in [0.717, 1.165) is 39.7 Å². The Kier molecular flexibility index (Phi) is 5.74. The molecule has 4 rings (SSSR count). The first kappa shape index (κ1) is 21.4. The fraction of sp³-hybridized carbons (Fsp3) is 0.286. The number of alkyl halides is 3. The van der Waals surface area contributed by atoms with Crippen LogP contribution in [0.2, 0.25) is 0 Å². The lowest BCUT2D eigenvalue weighted by Gasteiger charge is -2.09. The summed E-state index contributed by atoms with van der Waals surface area (Å²) in [5.41, 5.74) is -0.0858. The Labute approximate surface area is 183 Å². The number of nitrogens with zero attached hydrogens (tertiary/aromatic N) is 3. The van der Waals surface area contributed by atoms with Gasteiger partial charge in [-0.25, -0.2) is 9.48 Å². The molecule has 6 nitrogen and oxygen atoms in total. The third-order valence-corrected chi connectivity index (χ3v) is 5.45. The van der Waals surface area contributed by atoms with Crippen molar-refractivity contribution < 1.29 is 18.0 Å². The van der Waals surface area contributed by atoms with Crippen molar-refractivity contribution in [3.8, 4) is 11.4 Å². The summed E-state index contributed by atoms with van der Waals surface area (Å²) in [6, 6.07) is 12.2. The van der Waals surface area contributed by atoms with Crippen molar-refractivity contribution in [2.45, 2.75) is 38.1 Å². The van der Waals surface area contributed by atoms with Crippen LogP contribution in [0.15, 0.2) is 57.8 Å². The zero-order chi connectivity index (χ0) is 22.2. The molecule has 10 heteroatoms. The first-order chi connectivity index (χ1) is 14.7. The summed E-state index contributed by atoms with van der Waals surface area (Å²) < 4.78 is 42.1. The highest BCUT2D eigenvalue weighted by Gasteiger charge is 2.31. The molecule has 0 bridgehead atoms. The van der Waals surface area contributed by atoms with Crippen molar-refractivity contribution in [2.75, 3.05) is 0 Å². The van der Waals surface area contributed by atoms with E-state index < -0.39 is 17.6 Å². The first-order valence-electron chi connectivity index (χ1n) is 9.60. The highest BCUT2D eigenvalue weighted by atomic mass is 79.9. The van der Waals surface area contributed by atoms with E-state index >= 15 is 0 Å². The summed E-state index contributed by atoms with van der Waals surface area (Å²) >= 11 is 3.37. The number of amides is 1. The van der Waals surface area contributed by atoms with Crippen LogP contribution in [0.5, 0.6) is 0 Å². The van der Waals surface area contributed by atoms with Crippen LogP contribution in [0.4, 0.5) is 13.2 Å². The number of carbonyl (C=O) groups is 1. The molecule has 1 amide bonds. The van der Waals surface area contributed by atoms with E-state index in [1.807, 2.05) is 24.3 Å². The van der Waals surface area contributed by atoms with Crippen LogP contribution in [-0.4, -0.2) is 20.3 Å². The summed E-state index contributed by atoms with van der Waals surface area (Å²) in [6.07, 6.45) is -2.71. The van der Waals surface area contributed by atoms with Crippen LogP contribution in [0, 0.1) is 0 Å². The molecule has 1 saturated carbocycles. The zero-order valence-electron chi connectivity index (χ0n) is 16.2. The fourth-order valence-corrected chi connectivity index (χ4v) is 3.50. The van der Waals surface area contributed by atoms with Crippen molar-refractivity contribution in [3.05, 3.63) is 74.6 Å². The maximum Gasteiger partial charge on any atom is 0.416 e. The molecule has 31 heavy (non-hydrogen) atoms. The third-order valence-electron chi connectivity index (χ3n) is 4.92. The molecule has 1 N–H and O–H groups in total. The van der Waals surface area contributed by atoms with Gasteiger partial charge in [0.05, 0.1) is 5.56 Å². The third kappa shape index (κ3) is 4.90. The largest absolute Gasteiger partial charge is 0.416 e. The predicted octanol–water partition coefficient (Wildman–Crippen LogP) is 4.14. The molecule has 0 atom stereocenters. The lowest BCUT2D eigenvalue weighted by molar-refractivity contribution is -0.137. The van der Waals surface area contributed by atoms with Crippen LogP contribution in [-0.2, 0) is 24.1 Å². The van der Waals surface area contributed by atoms with Crippen molar-refractivity contribution >= 4 is 21.8 Å². The monoisotopic (exact) mass is 494 g/mol. The Morgan fingerprint density at radius 3 is 2.52 bits per heavy atom. The van der Waals surface area contributed by atoms with Crippen LogP contribution >= 0.6 is 15.9 Å². The number of nitrogens with one attached hydrogen (secondary N) is 1. The SMILES string of the molecule is O=C(Cn1nc(-c2ccc(Br)cc2)n(C2CC2)c1=O)NCc1cccc(C(F)(F)F)c1. The molecule has 1 heterocycles. The number of hydrogen-bond donors (Lipinski definition) is 1. The second-order valence-electron chi connectivity index (χ2n) is 7.35. The molecule has 162 valence electrons. The second kappa shape index (κ2) is 8.33. The average Bonchev–Trinajstić information content (AvgIpc) is 3.51. The van der Waals surface area contributed by atoms with E-state index in [-0.39, 0.29) is 24.8 Å². The van der Waals surface area contributed by atoms with Crippen LogP contribution < -0.4 is 11.0 Å². The number of benzene rings is 2. The number of carbonyl (C=O) groups excluding carboxylic acids is 1. The Bertz CT molecular complexity index is 1160. The summed E-state index contributed by atoms with van der Waals surface area (Å²) in [5, 5.41) is 6.91. The number of halogens is 4. The summed E-state index contributed by atoms with van der Waals surface area (Å²) in [7, 11) is 0. The Morgan fingerprint density at radius 1 is 1.16 bits per heavy atom. The summed E-state index contributed by atoms with van der Waals surface area (Å²) in [5.74, 6) is -0.0204. The van der Waals surface area contributed by atoms with Gasteiger partial charge < -0.3 is 5.32 Å². The summed E-state index contributed by atoms with van der Waals surface area (Å²) in [4.78, 5) is 25.2. The standard InChI is InChI=1S/C21H18BrF3N4O2/c22-16-6-4-14(5-7-16)19-27-28(20(31)29(19)17-8-9-17)12-18(30)26-11-13-2-1-3-15(10-13)21(23,24)25/h1-7,10,17H,8-9,11-12H2,(H,26,30). The molecule has 0 radical (unpaired) electrons. The average molecular weight is 495 g/mol. The molecule has 0 saturated heterocycles. The van der Waals surface area contributed by atoms with Gasteiger partial charge >= 0.3 is 11.9 Å². The van der Waals surface area contributed by atoms with Crippen LogP contribution in [0.3, 0.4) is 0 Å². The van der Waals surface area contributed by atoms with Crippen molar-refractivity contribution in [3.63, 3.8) is 0 Å². The van der Waals surface area contributed by atoms with Gasteiger partial charge in [0.15, 0.2) is 5.82 Å². The second-order valence-corrected chi connectivity index (χ2v) is 8.26. The van der Waals surface area contributed by atoms with E-state index in [1.165, 1.54) is 12.1 Å². The van der Waals surface area contributed by atoms with E-state index in [0.29, 0.717) is 11.4 Å². The van der Waals surface area contributed by atoms with Crippen molar-refractivity contribution in [1.29, 1.82) is 0 Å². The van der Waals surface area contributed by atoms with Gasteiger partial charge in [-0.2, -0.15) is 13.2 Å². The van der Waals surface area contributed by atoms with Crippen LogP contribution in [0.25, 0.3) is 11.4 Å². The van der Waals surface area contributed by atoms with Crippen LogP contribution in [0.1, 0.15) is 30.0 Å². The van der Waals surface area contributed by atoms with Gasteiger partial charge in [0.25, 0.3) is 0 Å². The quantitative estimate of drug-likeness (QED) is 0.559. The van der Waals surface area contributed by atoms with Crippen molar-refractivity contribution in [1.82, 2.24) is 19.7 Å². The normalized spacial score (nSPS) is 13.9. The molecule has 0 unspecified atom stereocenters. The smallest absolute Gasteiger partial charge is 0.350 e. The summed E-state index contributed by atoms with van der Waals surface area (Å²) in [6.45, 7) is -0.401. The Hall–Kier alpha value is -2.88. The number of rotatable bonds is 6. The Morgan fingerprint density at radius 2 is 1.87 bits per heavy atom. The maximum atomic E-state index is 12.8. The van der Waals surface area contributed by atoms with Gasteiger partial charge in [-0.05, 0) is 42.7 Å². The lowest BCUT2D eigenvalue weighted by atomic mass is 10.1. The minimum absolute atomic E-state index is 0.0630. The number of hydrogen-bond acceptors (Lipinski definition) is 3. The van der Waals surface area contributed by atoms with Gasteiger partial charge in [0, 0.05) is 22.6 Å². The van der Waals surface area contributed by atoms with E-state index in [1.54, 1.807) is 4.57 Å². The maximum absolute atomic E-state index is 12.8. The lowest BCUT2D eigenvalue weighted by Crippen LogP contribution is -2.33. The van der Waals surface area contributed by atoms with Gasteiger partial charge in [-0.15, -0.1) is 5.10 Å². The molecule has 3 aromatic rings. The molecule has 1 aliphatic rings. The van der Waals surface area contributed by atoms with Gasteiger partial charge in [-0.3, -0.25) is 9.36 Å². The Balaban J connectivity index is 1.49. The minimum Gasteiger partial charge on any atom is -0.350 e. The topological polar surface area (TPSA) is 68.9 Å². The first-order valence-corrected chi connectivity index (χ1v) is 10.4. The van der Waals surface area contributed by atoms with Crippen molar-refractivity contribution in [2.24, 2.45) is 0 Å². The highest BCUT2D eigenvalue weighted by molar-refractivity contribution is 9.10. The van der Waals surface area contributed by atoms with Gasteiger partial charge in [0.1, 0.15) is 6.54 Å². The van der Waals surface area contributed by atoms with Gasteiger partial charge in [-0.1, -0.05) is 40.2 Å². The molecular formula is C21H18BrF3N4O2. The fourth-order valence-electron chi connectivity index (χ4n) is 3.23. The van der Waals surface area contributed by atoms with E-state index in [9.17, 15) is 22.8 Å². The number of aromatic nitrogens is 3. The molecule has 1 aromatic heterocycles. The van der Waals surface area contributed by atoms with E-state index in [4.69, 9.17) is 0 Å². The molecule has 1 fully saturated rings. The molecular weight excluding hydrogens is 477 g/mol. The molecule has 0 spiro atoms. The zero-order valence-corrected chi connectivity index (χ0v) is 17.8. The van der Waals surface area contributed by atoms with Gasteiger partial charge in [0.2, 0.25) is 5.91 Å².